The van der Waals surface area contributed by atoms with Gasteiger partial charge in [0.05, 0.1) is 13.5 Å². The molecule has 0 saturated carbocycles. The highest BCUT2D eigenvalue weighted by Crippen LogP contribution is 2.21. The second-order valence-electron chi connectivity index (χ2n) is 3.09. The molecule has 0 aliphatic carbocycles. The minimum atomic E-state index is -0.451. The molecule has 0 radical (unpaired) electrons. The number of esters is 1. The van der Waals surface area contributed by atoms with Crippen molar-refractivity contribution in [3.8, 4) is 0 Å². The monoisotopic (exact) mass is 171 g/mol. The van der Waals surface area contributed by atoms with Gasteiger partial charge in [-0.1, -0.05) is 0 Å². The lowest BCUT2D eigenvalue weighted by Gasteiger charge is -2.41. The van der Waals surface area contributed by atoms with Crippen LogP contribution >= 0.6 is 0 Å². The number of hydrogen-bond acceptors (Lipinski definition) is 4. The summed E-state index contributed by atoms with van der Waals surface area (Å²) >= 11 is 0. The summed E-state index contributed by atoms with van der Waals surface area (Å²) in [5.41, 5.74) is 0. The smallest absolute Gasteiger partial charge is 0.376 e. The molecule has 1 saturated heterocycles. The van der Waals surface area contributed by atoms with Gasteiger partial charge in [0.2, 0.25) is 0 Å². The number of rotatable bonds is 3. The molecule has 1 aliphatic heterocycles. The first-order valence-corrected chi connectivity index (χ1v) is 4.15. The fourth-order valence-corrected chi connectivity index (χ4v) is 1.45. The van der Waals surface area contributed by atoms with E-state index in [4.69, 9.17) is 0 Å². The first kappa shape index (κ1) is 9.54. The van der Waals surface area contributed by atoms with E-state index in [0.717, 1.165) is 13.0 Å². The largest absolute Gasteiger partial charge is 0.469 e. The Labute approximate surface area is 72.6 Å². The Hall–Kier alpha value is -0.545. The molecule has 1 N–H and O–H groups in total. The molecule has 0 aromatic rings. The van der Waals surface area contributed by atoms with Crippen molar-refractivity contribution in [3.63, 3.8) is 0 Å². The lowest BCUT2D eigenvalue weighted by molar-refractivity contribution is -0.142. The Morgan fingerprint density at radius 1 is 1.83 bits per heavy atom. The summed E-state index contributed by atoms with van der Waals surface area (Å²) in [4.78, 5) is 12.7. The fourth-order valence-electron chi connectivity index (χ4n) is 1.45. The average Bonchev–Trinajstić information content (AvgIpc) is 1.96. The maximum absolute atomic E-state index is 10.9. The predicted molar refractivity (Wildman–Crippen MR) is 45.6 cm³/mol. The number of carbonyl (C=O) groups excluding carboxylic acids is 1. The number of carbonyl (C=O) groups is 1. The molecular formula is C7H14BNO3. The first-order chi connectivity index (χ1) is 5.65. The van der Waals surface area contributed by atoms with Crippen molar-refractivity contribution in [2.75, 3.05) is 13.7 Å². The summed E-state index contributed by atoms with van der Waals surface area (Å²) in [5.74, 6) is -0.203. The van der Waals surface area contributed by atoms with Crippen LogP contribution in [0, 0.1) is 0 Å². The minimum absolute atomic E-state index is 0.178. The summed E-state index contributed by atoms with van der Waals surface area (Å²) in [7, 11) is 0.932. The molecule has 0 amide bonds. The van der Waals surface area contributed by atoms with E-state index in [9.17, 15) is 9.82 Å². The lowest BCUT2D eigenvalue weighted by atomic mass is 9.77. The van der Waals surface area contributed by atoms with E-state index in [0.29, 0.717) is 6.42 Å². The predicted octanol–water partition coefficient (Wildman–Crippen LogP) is -0.266. The molecule has 1 aliphatic rings. The van der Waals surface area contributed by atoms with E-state index in [1.165, 1.54) is 7.11 Å². The van der Waals surface area contributed by atoms with E-state index in [1.54, 1.807) is 6.82 Å². The Kier molecular flexibility index (Phi) is 3.11. The molecule has 1 fully saturated rings. The summed E-state index contributed by atoms with van der Waals surface area (Å²) in [6, 6.07) is 0.178. The third-order valence-electron chi connectivity index (χ3n) is 2.30. The summed E-state index contributed by atoms with van der Waals surface area (Å²) in [5, 5.41) is 9.20. The van der Waals surface area contributed by atoms with Gasteiger partial charge in [-0.05, 0) is 19.8 Å². The van der Waals surface area contributed by atoms with Crippen molar-refractivity contribution in [1.82, 2.24) is 4.81 Å². The highest BCUT2D eigenvalue weighted by atomic mass is 16.5. The third kappa shape index (κ3) is 1.98. The molecule has 1 rings (SSSR count). The summed E-state index contributed by atoms with van der Waals surface area (Å²) in [6.07, 6.45) is 1.36. The van der Waals surface area contributed by atoms with Crippen LogP contribution in [-0.4, -0.2) is 42.6 Å². The lowest BCUT2D eigenvalue weighted by Crippen LogP contribution is -2.55. The normalized spacial score (nSPS) is 23.1. The molecule has 0 spiro atoms. The van der Waals surface area contributed by atoms with Crippen LogP contribution in [0.5, 0.6) is 0 Å². The maximum Gasteiger partial charge on any atom is 0.376 e. The van der Waals surface area contributed by atoms with Crippen LogP contribution in [0.1, 0.15) is 12.8 Å². The minimum Gasteiger partial charge on any atom is -0.469 e. The number of nitrogens with zero attached hydrogens (tertiary/aromatic N) is 1. The van der Waals surface area contributed by atoms with Gasteiger partial charge in [0.1, 0.15) is 0 Å². The van der Waals surface area contributed by atoms with Crippen LogP contribution in [0.4, 0.5) is 0 Å². The molecule has 0 bridgehead atoms. The Morgan fingerprint density at radius 2 is 2.50 bits per heavy atom. The highest BCUT2D eigenvalue weighted by Gasteiger charge is 2.34. The zero-order chi connectivity index (χ0) is 9.14. The van der Waals surface area contributed by atoms with Crippen LogP contribution in [0.2, 0.25) is 6.82 Å². The van der Waals surface area contributed by atoms with Gasteiger partial charge >= 0.3 is 13.0 Å². The third-order valence-corrected chi connectivity index (χ3v) is 2.30. The number of methoxy groups -OCH3 is 1. The SMILES string of the molecule is COC(=O)CC1CCN1B(C)O. The Bertz CT molecular complexity index is 174. The standard InChI is InChI=1S/C7H14BNO3/c1-8(11)9-4-3-6(9)5-7(10)12-2/h6,11H,3-5H2,1-2H3. The molecule has 0 aromatic carbocycles. The number of hydrogen-bond donors (Lipinski definition) is 1. The zero-order valence-corrected chi connectivity index (χ0v) is 7.49. The molecule has 1 atom stereocenters. The molecule has 4 nitrogen and oxygen atoms in total. The Balaban J connectivity index is 2.30. The van der Waals surface area contributed by atoms with Crippen molar-refractivity contribution in [2.45, 2.75) is 25.7 Å². The topological polar surface area (TPSA) is 49.8 Å². The van der Waals surface area contributed by atoms with Crippen LogP contribution in [0.15, 0.2) is 0 Å². The molecule has 12 heavy (non-hydrogen) atoms. The molecule has 1 heterocycles. The Morgan fingerprint density at radius 3 is 2.83 bits per heavy atom. The van der Waals surface area contributed by atoms with Crippen molar-refractivity contribution in [2.24, 2.45) is 0 Å². The molecule has 0 aromatic heterocycles. The number of ether oxygens (including phenoxy) is 1. The van der Waals surface area contributed by atoms with Gasteiger partial charge in [-0.15, -0.1) is 0 Å². The van der Waals surface area contributed by atoms with E-state index in [2.05, 4.69) is 4.74 Å². The van der Waals surface area contributed by atoms with Gasteiger partial charge < -0.3 is 14.6 Å². The van der Waals surface area contributed by atoms with Crippen molar-refractivity contribution >= 4 is 13.0 Å². The van der Waals surface area contributed by atoms with Crippen LogP contribution in [0.3, 0.4) is 0 Å². The average molecular weight is 171 g/mol. The molecule has 68 valence electrons. The van der Waals surface area contributed by atoms with Crippen molar-refractivity contribution in [1.29, 1.82) is 0 Å². The molecule has 1 unspecified atom stereocenters. The van der Waals surface area contributed by atoms with Gasteiger partial charge in [-0.3, -0.25) is 4.79 Å². The second kappa shape index (κ2) is 3.91. The summed E-state index contributed by atoms with van der Waals surface area (Å²) in [6.45, 7) is 2.59. The highest BCUT2D eigenvalue weighted by molar-refractivity contribution is 6.45. The maximum atomic E-state index is 10.9. The first-order valence-electron chi connectivity index (χ1n) is 4.15. The molecule has 5 heteroatoms. The van der Waals surface area contributed by atoms with E-state index in [1.807, 2.05) is 4.81 Å². The quantitative estimate of drug-likeness (QED) is 0.469. The van der Waals surface area contributed by atoms with Crippen molar-refractivity contribution < 1.29 is 14.6 Å². The fraction of sp³-hybridized carbons (Fsp3) is 0.857. The summed E-state index contributed by atoms with van der Waals surface area (Å²) < 4.78 is 4.54. The van der Waals surface area contributed by atoms with Crippen molar-refractivity contribution in [3.05, 3.63) is 0 Å². The van der Waals surface area contributed by atoms with Gasteiger partial charge in [0.15, 0.2) is 0 Å². The zero-order valence-electron chi connectivity index (χ0n) is 7.49. The van der Waals surface area contributed by atoms with E-state index < -0.39 is 7.05 Å². The second-order valence-corrected chi connectivity index (χ2v) is 3.09. The van der Waals surface area contributed by atoms with Gasteiger partial charge in [0, 0.05) is 6.04 Å². The van der Waals surface area contributed by atoms with Crippen LogP contribution in [0.25, 0.3) is 0 Å². The van der Waals surface area contributed by atoms with Gasteiger partial charge in [-0.25, -0.2) is 0 Å². The van der Waals surface area contributed by atoms with Crippen LogP contribution in [-0.2, 0) is 9.53 Å². The van der Waals surface area contributed by atoms with Gasteiger partial charge in [0.25, 0.3) is 0 Å². The van der Waals surface area contributed by atoms with E-state index >= 15 is 0 Å². The molecular weight excluding hydrogens is 157 g/mol. The van der Waals surface area contributed by atoms with E-state index in [-0.39, 0.29) is 12.0 Å². The van der Waals surface area contributed by atoms with Crippen LogP contribution < -0.4 is 0 Å². The van der Waals surface area contributed by atoms with Gasteiger partial charge in [-0.2, -0.15) is 0 Å².